The predicted molar refractivity (Wildman–Crippen MR) is 66.8 cm³/mol. The van der Waals surface area contributed by atoms with Gasteiger partial charge in [-0.2, -0.15) is 0 Å². The van der Waals surface area contributed by atoms with E-state index in [-0.39, 0.29) is 5.91 Å². The summed E-state index contributed by atoms with van der Waals surface area (Å²) in [4.78, 5) is 14.8. The van der Waals surface area contributed by atoms with Crippen molar-refractivity contribution < 1.29 is 4.79 Å². The number of carbonyl (C=O) groups excluding carboxylic acids is 1. The van der Waals surface area contributed by atoms with Gasteiger partial charge in [-0.1, -0.05) is 11.6 Å². The summed E-state index contributed by atoms with van der Waals surface area (Å²) in [5, 5.41) is 0. The molecule has 1 aromatic rings. The molecule has 16 heavy (non-hydrogen) atoms. The summed E-state index contributed by atoms with van der Waals surface area (Å²) in [6.07, 6.45) is 2.48. The largest absolute Gasteiger partial charge is 0.344 e. The zero-order valence-corrected chi connectivity index (χ0v) is 10.8. The standard InChI is InChI=1S/C11H15ClN2OS/c1-14(10(15)11(13)5-6-11)7-4-8-2-3-9(12)16-8/h2-3H,4-7,13H2,1H3. The highest BCUT2D eigenvalue weighted by Gasteiger charge is 2.47. The number of halogens is 1. The Morgan fingerprint density at radius 1 is 1.62 bits per heavy atom. The summed E-state index contributed by atoms with van der Waals surface area (Å²) in [5.41, 5.74) is 5.30. The molecule has 0 bridgehead atoms. The van der Waals surface area contributed by atoms with Gasteiger partial charge < -0.3 is 10.6 Å². The van der Waals surface area contributed by atoms with Crippen molar-refractivity contribution in [1.29, 1.82) is 0 Å². The Kier molecular flexibility index (Phi) is 3.24. The molecule has 0 spiro atoms. The first-order valence-corrected chi connectivity index (χ1v) is 6.49. The van der Waals surface area contributed by atoms with Crippen LogP contribution in [0.15, 0.2) is 12.1 Å². The first-order valence-electron chi connectivity index (χ1n) is 5.30. The second-order valence-corrected chi connectivity index (χ2v) is 6.14. The van der Waals surface area contributed by atoms with Crippen LogP contribution >= 0.6 is 22.9 Å². The Balaban J connectivity index is 1.84. The molecule has 5 heteroatoms. The first-order chi connectivity index (χ1) is 7.51. The van der Waals surface area contributed by atoms with Crippen LogP contribution in [0.25, 0.3) is 0 Å². The highest BCUT2D eigenvalue weighted by atomic mass is 35.5. The number of hydrogen-bond acceptors (Lipinski definition) is 3. The van der Waals surface area contributed by atoms with Gasteiger partial charge in [0.1, 0.15) is 0 Å². The Hall–Kier alpha value is -0.580. The third kappa shape index (κ3) is 2.56. The second-order valence-electron chi connectivity index (χ2n) is 4.34. The fourth-order valence-electron chi connectivity index (χ4n) is 1.59. The quantitative estimate of drug-likeness (QED) is 0.897. The summed E-state index contributed by atoms with van der Waals surface area (Å²) in [7, 11) is 1.81. The smallest absolute Gasteiger partial charge is 0.242 e. The fourth-order valence-corrected chi connectivity index (χ4v) is 2.67. The molecule has 0 aliphatic heterocycles. The molecular weight excluding hydrogens is 244 g/mol. The molecule has 0 saturated heterocycles. The van der Waals surface area contributed by atoms with Gasteiger partial charge in [-0.3, -0.25) is 4.79 Å². The molecule has 2 rings (SSSR count). The summed E-state index contributed by atoms with van der Waals surface area (Å²) in [6, 6.07) is 3.88. The van der Waals surface area contributed by atoms with Crippen LogP contribution in [0.1, 0.15) is 17.7 Å². The van der Waals surface area contributed by atoms with E-state index in [0.717, 1.165) is 23.6 Å². The molecule has 88 valence electrons. The fraction of sp³-hybridized carbons (Fsp3) is 0.545. The maximum Gasteiger partial charge on any atom is 0.242 e. The number of rotatable bonds is 4. The second kappa shape index (κ2) is 4.35. The van der Waals surface area contributed by atoms with Crippen LogP contribution < -0.4 is 5.73 Å². The van der Waals surface area contributed by atoms with Gasteiger partial charge in [0.15, 0.2) is 0 Å². The molecule has 1 aliphatic carbocycles. The molecule has 1 saturated carbocycles. The monoisotopic (exact) mass is 258 g/mol. The molecule has 1 amide bonds. The first kappa shape index (κ1) is 11.9. The zero-order chi connectivity index (χ0) is 11.8. The van der Waals surface area contributed by atoms with E-state index < -0.39 is 5.54 Å². The lowest BCUT2D eigenvalue weighted by atomic mass is 10.2. The van der Waals surface area contributed by atoms with Crippen LogP contribution in [0.2, 0.25) is 4.34 Å². The Morgan fingerprint density at radius 3 is 2.81 bits per heavy atom. The number of amides is 1. The molecule has 0 unspecified atom stereocenters. The number of thiophene rings is 1. The van der Waals surface area contributed by atoms with Crippen molar-refractivity contribution in [2.24, 2.45) is 5.73 Å². The van der Waals surface area contributed by atoms with Crippen molar-refractivity contribution in [3.05, 3.63) is 21.3 Å². The third-order valence-electron chi connectivity index (χ3n) is 2.88. The molecule has 1 aromatic heterocycles. The lowest BCUT2D eigenvalue weighted by Gasteiger charge is -2.20. The van der Waals surface area contributed by atoms with Crippen LogP contribution in [0, 0.1) is 0 Å². The number of nitrogens with two attached hydrogens (primary N) is 1. The summed E-state index contributed by atoms with van der Waals surface area (Å²) >= 11 is 7.40. The predicted octanol–water partition coefficient (Wildman–Crippen LogP) is 1.89. The Bertz CT molecular complexity index is 400. The van der Waals surface area contributed by atoms with Crippen molar-refractivity contribution in [1.82, 2.24) is 4.90 Å². The van der Waals surface area contributed by atoms with E-state index in [1.54, 1.807) is 16.2 Å². The molecule has 1 aliphatic rings. The number of nitrogens with zero attached hydrogens (tertiary/aromatic N) is 1. The van der Waals surface area contributed by atoms with E-state index in [4.69, 9.17) is 17.3 Å². The molecule has 1 fully saturated rings. The SMILES string of the molecule is CN(CCc1ccc(Cl)s1)C(=O)C1(N)CC1. The van der Waals surface area contributed by atoms with E-state index in [1.807, 2.05) is 19.2 Å². The number of likely N-dealkylation sites (N-methyl/N-ethyl adjacent to an activating group) is 1. The average molecular weight is 259 g/mol. The van der Waals surface area contributed by atoms with Crippen LogP contribution in [-0.2, 0) is 11.2 Å². The van der Waals surface area contributed by atoms with Crippen molar-refractivity contribution in [2.75, 3.05) is 13.6 Å². The molecule has 1 heterocycles. The van der Waals surface area contributed by atoms with Gasteiger partial charge in [0.05, 0.1) is 9.88 Å². The lowest BCUT2D eigenvalue weighted by Crippen LogP contribution is -2.44. The van der Waals surface area contributed by atoms with Gasteiger partial charge in [0, 0.05) is 18.5 Å². The highest BCUT2D eigenvalue weighted by molar-refractivity contribution is 7.16. The van der Waals surface area contributed by atoms with Gasteiger partial charge >= 0.3 is 0 Å². The van der Waals surface area contributed by atoms with E-state index in [1.165, 1.54) is 4.88 Å². The van der Waals surface area contributed by atoms with E-state index in [0.29, 0.717) is 6.54 Å². The summed E-state index contributed by atoms with van der Waals surface area (Å²) in [5.74, 6) is 0.0650. The third-order valence-corrected chi connectivity index (χ3v) is 4.17. The van der Waals surface area contributed by atoms with E-state index in [2.05, 4.69) is 0 Å². The van der Waals surface area contributed by atoms with E-state index in [9.17, 15) is 4.79 Å². The van der Waals surface area contributed by atoms with Crippen molar-refractivity contribution in [2.45, 2.75) is 24.8 Å². The minimum absolute atomic E-state index is 0.0650. The normalized spacial score (nSPS) is 17.2. The molecular formula is C11H15ClN2OS. The minimum Gasteiger partial charge on any atom is -0.344 e. The van der Waals surface area contributed by atoms with Crippen LogP contribution in [-0.4, -0.2) is 29.9 Å². The Morgan fingerprint density at radius 2 is 2.31 bits per heavy atom. The average Bonchev–Trinajstić information content (AvgIpc) is 2.86. The summed E-state index contributed by atoms with van der Waals surface area (Å²) < 4.78 is 0.793. The van der Waals surface area contributed by atoms with Crippen molar-refractivity contribution in [3.63, 3.8) is 0 Å². The maximum absolute atomic E-state index is 11.8. The topological polar surface area (TPSA) is 46.3 Å². The van der Waals surface area contributed by atoms with Crippen LogP contribution in [0.5, 0.6) is 0 Å². The zero-order valence-electron chi connectivity index (χ0n) is 9.20. The minimum atomic E-state index is -0.554. The summed E-state index contributed by atoms with van der Waals surface area (Å²) in [6.45, 7) is 0.703. The van der Waals surface area contributed by atoms with Crippen molar-refractivity contribution in [3.8, 4) is 0 Å². The van der Waals surface area contributed by atoms with E-state index >= 15 is 0 Å². The van der Waals surface area contributed by atoms with Crippen LogP contribution in [0.3, 0.4) is 0 Å². The number of hydrogen-bond donors (Lipinski definition) is 1. The Labute approximate surface area is 104 Å². The highest BCUT2D eigenvalue weighted by Crippen LogP contribution is 2.33. The van der Waals surface area contributed by atoms with Gasteiger partial charge in [0.2, 0.25) is 5.91 Å². The molecule has 0 atom stereocenters. The van der Waals surface area contributed by atoms with Gasteiger partial charge in [-0.05, 0) is 31.4 Å². The van der Waals surface area contributed by atoms with Gasteiger partial charge in [0.25, 0.3) is 0 Å². The van der Waals surface area contributed by atoms with Crippen molar-refractivity contribution >= 4 is 28.8 Å². The van der Waals surface area contributed by atoms with Gasteiger partial charge in [-0.15, -0.1) is 11.3 Å². The molecule has 0 radical (unpaired) electrons. The molecule has 2 N–H and O–H groups in total. The molecule has 0 aromatic carbocycles. The maximum atomic E-state index is 11.8. The van der Waals surface area contributed by atoms with Gasteiger partial charge in [-0.25, -0.2) is 0 Å². The number of carbonyl (C=O) groups is 1. The van der Waals surface area contributed by atoms with Crippen LogP contribution in [0.4, 0.5) is 0 Å². The molecule has 3 nitrogen and oxygen atoms in total. The lowest BCUT2D eigenvalue weighted by molar-refractivity contribution is -0.132.